The molecular weight excluding hydrogens is 236 g/mol. The zero-order chi connectivity index (χ0) is 13.1. The highest BCUT2D eigenvalue weighted by atomic mass is 16.3. The molecule has 0 bridgehead atoms. The van der Waals surface area contributed by atoms with Gasteiger partial charge in [0.25, 0.3) is 0 Å². The molecule has 19 heavy (non-hydrogen) atoms. The first-order chi connectivity index (χ1) is 9.34. The van der Waals surface area contributed by atoms with E-state index in [0.717, 1.165) is 22.0 Å². The highest BCUT2D eigenvalue weighted by Crippen LogP contribution is 2.26. The van der Waals surface area contributed by atoms with Crippen LogP contribution in [0.4, 0.5) is 5.69 Å². The first-order valence-electron chi connectivity index (χ1n) is 5.99. The number of pyridine rings is 1. The Kier molecular flexibility index (Phi) is 2.94. The number of aliphatic imine (C=N–C) groups is 1. The van der Waals surface area contributed by atoms with Gasteiger partial charge in [0.1, 0.15) is 5.75 Å². The molecule has 2 aromatic carbocycles. The summed E-state index contributed by atoms with van der Waals surface area (Å²) in [5.41, 5.74) is 1.54. The molecule has 1 N–H and O–H groups in total. The van der Waals surface area contributed by atoms with Gasteiger partial charge in [-0.3, -0.25) is 9.98 Å². The van der Waals surface area contributed by atoms with Crippen LogP contribution in [0.2, 0.25) is 0 Å². The van der Waals surface area contributed by atoms with Crippen LogP contribution in [-0.2, 0) is 0 Å². The summed E-state index contributed by atoms with van der Waals surface area (Å²) in [7, 11) is 0. The third-order valence-electron chi connectivity index (χ3n) is 2.95. The van der Waals surface area contributed by atoms with Gasteiger partial charge in [-0.25, -0.2) is 0 Å². The highest BCUT2D eigenvalue weighted by molar-refractivity contribution is 6.02. The molecule has 0 saturated carbocycles. The van der Waals surface area contributed by atoms with Gasteiger partial charge < -0.3 is 5.11 Å². The number of hydrogen-bond acceptors (Lipinski definition) is 3. The maximum Gasteiger partial charge on any atom is 0.124 e. The van der Waals surface area contributed by atoms with Crippen molar-refractivity contribution in [3.8, 4) is 5.75 Å². The van der Waals surface area contributed by atoms with Crippen molar-refractivity contribution in [2.45, 2.75) is 0 Å². The molecule has 3 heteroatoms. The molecule has 3 rings (SSSR count). The van der Waals surface area contributed by atoms with E-state index in [4.69, 9.17) is 0 Å². The number of hydrogen-bond donors (Lipinski definition) is 1. The van der Waals surface area contributed by atoms with E-state index < -0.39 is 0 Å². The Morgan fingerprint density at radius 2 is 1.74 bits per heavy atom. The molecule has 0 unspecified atom stereocenters. The van der Waals surface area contributed by atoms with Gasteiger partial charge in [0.2, 0.25) is 0 Å². The van der Waals surface area contributed by atoms with Crippen LogP contribution in [0.5, 0.6) is 5.75 Å². The molecule has 0 aliphatic rings. The van der Waals surface area contributed by atoms with Crippen molar-refractivity contribution in [2.75, 3.05) is 0 Å². The third-order valence-corrected chi connectivity index (χ3v) is 2.95. The largest absolute Gasteiger partial charge is 0.507 e. The second kappa shape index (κ2) is 4.90. The number of nitrogens with zero attached hydrogens (tertiary/aromatic N) is 2. The maximum absolute atomic E-state index is 9.98. The monoisotopic (exact) mass is 248 g/mol. The second-order valence-corrected chi connectivity index (χ2v) is 4.18. The Bertz CT molecular complexity index is 736. The van der Waals surface area contributed by atoms with Crippen molar-refractivity contribution in [3.05, 3.63) is 66.5 Å². The van der Waals surface area contributed by atoms with E-state index in [-0.39, 0.29) is 5.75 Å². The SMILES string of the molecule is Oc1ccc2ccccc2c1C=Nc1ccncc1. The predicted octanol–water partition coefficient (Wildman–Crippen LogP) is 3.69. The van der Waals surface area contributed by atoms with Crippen molar-refractivity contribution in [2.24, 2.45) is 4.99 Å². The molecule has 3 aromatic rings. The quantitative estimate of drug-likeness (QED) is 0.703. The van der Waals surface area contributed by atoms with Gasteiger partial charge in [0.05, 0.1) is 5.69 Å². The normalized spacial score (nSPS) is 11.2. The molecular formula is C16H12N2O. The molecule has 0 amide bonds. The van der Waals surface area contributed by atoms with Crippen molar-refractivity contribution in [1.29, 1.82) is 0 Å². The number of rotatable bonds is 2. The molecule has 0 spiro atoms. The first-order valence-corrected chi connectivity index (χ1v) is 5.99. The van der Waals surface area contributed by atoms with E-state index in [1.54, 1.807) is 24.7 Å². The number of phenolic OH excluding ortho intramolecular Hbond substituents is 1. The minimum Gasteiger partial charge on any atom is -0.507 e. The van der Waals surface area contributed by atoms with Crippen LogP contribution in [0.3, 0.4) is 0 Å². The molecule has 0 atom stereocenters. The van der Waals surface area contributed by atoms with E-state index in [2.05, 4.69) is 9.98 Å². The Labute approximate surface area is 110 Å². The summed E-state index contributed by atoms with van der Waals surface area (Å²) in [5, 5.41) is 12.0. The number of fused-ring (bicyclic) bond motifs is 1. The Balaban J connectivity index is 2.10. The lowest BCUT2D eigenvalue weighted by Gasteiger charge is -2.04. The summed E-state index contributed by atoms with van der Waals surface area (Å²) in [4.78, 5) is 8.31. The summed E-state index contributed by atoms with van der Waals surface area (Å²) < 4.78 is 0. The lowest BCUT2D eigenvalue weighted by molar-refractivity contribution is 0.475. The lowest BCUT2D eigenvalue weighted by Crippen LogP contribution is -1.85. The van der Waals surface area contributed by atoms with Crippen molar-refractivity contribution < 1.29 is 5.11 Å². The third kappa shape index (κ3) is 2.31. The number of benzene rings is 2. The Morgan fingerprint density at radius 1 is 0.947 bits per heavy atom. The summed E-state index contributed by atoms with van der Waals surface area (Å²) >= 11 is 0. The molecule has 3 nitrogen and oxygen atoms in total. The minimum atomic E-state index is 0.233. The summed E-state index contributed by atoms with van der Waals surface area (Å²) in [6.07, 6.45) is 5.07. The molecule has 0 aliphatic heterocycles. The summed E-state index contributed by atoms with van der Waals surface area (Å²) in [6, 6.07) is 15.1. The molecule has 0 saturated heterocycles. The highest BCUT2D eigenvalue weighted by Gasteiger charge is 2.03. The van der Waals surface area contributed by atoms with Gasteiger partial charge in [0.15, 0.2) is 0 Å². The van der Waals surface area contributed by atoms with Gasteiger partial charge in [0, 0.05) is 24.2 Å². The van der Waals surface area contributed by atoms with E-state index in [1.165, 1.54) is 0 Å². The average Bonchev–Trinajstić information content (AvgIpc) is 2.47. The van der Waals surface area contributed by atoms with E-state index in [1.807, 2.05) is 42.5 Å². The van der Waals surface area contributed by atoms with Crippen molar-refractivity contribution >= 4 is 22.7 Å². The van der Waals surface area contributed by atoms with Gasteiger partial charge in [-0.1, -0.05) is 30.3 Å². The topological polar surface area (TPSA) is 45.5 Å². The van der Waals surface area contributed by atoms with Crippen LogP contribution in [0.25, 0.3) is 10.8 Å². The number of aromatic nitrogens is 1. The van der Waals surface area contributed by atoms with Gasteiger partial charge in [-0.05, 0) is 29.0 Å². The summed E-state index contributed by atoms with van der Waals surface area (Å²) in [6.45, 7) is 0. The fraction of sp³-hybridized carbons (Fsp3) is 0. The number of phenols is 1. The zero-order valence-corrected chi connectivity index (χ0v) is 10.2. The van der Waals surface area contributed by atoms with Crippen LogP contribution in [-0.4, -0.2) is 16.3 Å². The standard InChI is InChI=1S/C16H12N2O/c19-16-6-5-12-3-1-2-4-14(12)15(16)11-18-13-7-9-17-10-8-13/h1-11,19H. The van der Waals surface area contributed by atoms with Crippen molar-refractivity contribution in [1.82, 2.24) is 4.98 Å². The first kappa shape index (κ1) is 11.4. The van der Waals surface area contributed by atoms with Gasteiger partial charge in [-0.2, -0.15) is 0 Å². The predicted molar refractivity (Wildman–Crippen MR) is 77.1 cm³/mol. The minimum absolute atomic E-state index is 0.233. The summed E-state index contributed by atoms with van der Waals surface area (Å²) in [5.74, 6) is 0.233. The molecule has 0 fully saturated rings. The second-order valence-electron chi connectivity index (χ2n) is 4.18. The molecule has 1 heterocycles. The van der Waals surface area contributed by atoms with Crippen LogP contribution in [0.1, 0.15) is 5.56 Å². The molecule has 0 radical (unpaired) electrons. The van der Waals surface area contributed by atoms with Crippen LogP contribution in [0, 0.1) is 0 Å². The Morgan fingerprint density at radius 3 is 2.58 bits per heavy atom. The molecule has 0 aliphatic carbocycles. The van der Waals surface area contributed by atoms with E-state index >= 15 is 0 Å². The van der Waals surface area contributed by atoms with Crippen LogP contribution < -0.4 is 0 Å². The smallest absolute Gasteiger partial charge is 0.124 e. The maximum atomic E-state index is 9.98. The zero-order valence-electron chi connectivity index (χ0n) is 10.2. The lowest BCUT2D eigenvalue weighted by atomic mass is 10.0. The van der Waals surface area contributed by atoms with E-state index in [0.29, 0.717) is 0 Å². The van der Waals surface area contributed by atoms with E-state index in [9.17, 15) is 5.11 Å². The molecule has 92 valence electrons. The van der Waals surface area contributed by atoms with Crippen LogP contribution >= 0.6 is 0 Å². The van der Waals surface area contributed by atoms with Crippen molar-refractivity contribution in [3.63, 3.8) is 0 Å². The van der Waals surface area contributed by atoms with Gasteiger partial charge >= 0.3 is 0 Å². The Hall–Kier alpha value is -2.68. The fourth-order valence-corrected chi connectivity index (χ4v) is 1.99. The fourth-order valence-electron chi connectivity index (χ4n) is 1.99. The average molecular weight is 248 g/mol. The molecule has 1 aromatic heterocycles. The number of aromatic hydroxyl groups is 1. The van der Waals surface area contributed by atoms with Gasteiger partial charge in [-0.15, -0.1) is 0 Å². The van der Waals surface area contributed by atoms with Crippen LogP contribution in [0.15, 0.2) is 65.9 Å².